The minimum atomic E-state index is -0.518. The number of halogens is 2. The van der Waals surface area contributed by atoms with Gasteiger partial charge in [0.2, 0.25) is 0 Å². The molecule has 2 heteroatoms. The molecule has 110 valence electrons. The lowest BCUT2D eigenvalue weighted by molar-refractivity contribution is 0.567. The molecule has 0 aliphatic carbocycles. The van der Waals surface area contributed by atoms with E-state index in [9.17, 15) is 8.78 Å². The van der Waals surface area contributed by atoms with Crippen LogP contribution in [0.5, 0.6) is 0 Å². The van der Waals surface area contributed by atoms with Crippen molar-refractivity contribution >= 4 is 0 Å². The summed E-state index contributed by atoms with van der Waals surface area (Å²) in [6, 6.07) is 10.3. The molecule has 0 nitrogen and oxygen atoms in total. The smallest absolute Gasteiger partial charge is 0.133 e. The van der Waals surface area contributed by atoms with E-state index in [1.807, 2.05) is 44.2 Å². The van der Waals surface area contributed by atoms with Gasteiger partial charge in [-0.15, -0.1) is 6.58 Å². The van der Waals surface area contributed by atoms with Crippen molar-refractivity contribution in [1.82, 2.24) is 0 Å². The molecule has 0 spiro atoms. The Balaban J connectivity index is 2.37. The van der Waals surface area contributed by atoms with E-state index >= 15 is 0 Å². The van der Waals surface area contributed by atoms with E-state index in [1.165, 1.54) is 5.56 Å². The highest BCUT2D eigenvalue weighted by Crippen LogP contribution is 2.29. The fourth-order valence-electron chi connectivity index (χ4n) is 2.35. The number of hydrogen-bond acceptors (Lipinski definition) is 0. The summed E-state index contributed by atoms with van der Waals surface area (Å²) in [6.45, 7) is 7.50. The molecule has 0 radical (unpaired) electrons. The van der Waals surface area contributed by atoms with Crippen LogP contribution >= 0.6 is 0 Å². The summed E-state index contributed by atoms with van der Waals surface area (Å²) in [7, 11) is 0. The van der Waals surface area contributed by atoms with Crippen molar-refractivity contribution in [2.45, 2.75) is 32.6 Å². The minimum absolute atomic E-state index is 0.0243. The summed E-state index contributed by atoms with van der Waals surface area (Å²) in [4.78, 5) is 0. The van der Waals surface area contributed by atoms with Gasteiger partial charge < -0.3 is 0 Å². The zero-order valence-electron chi connectivity index (χ0n) is 12.5. The third-order valence-electron chi connectivity index (χ3n) is 3.61. The molecule has 2 aromatic rings. The number of hydrogen-bond donors (Lipinski definition) is 0. The Labute approximate surface area is 125 Å². The predicted octanol–water partition coefficient (Wildman–Crippen LogP) is 5.87. The molecule has 0 saturated heterocycles. The van der Waals surface area contributed by atoms with Crippen LogP contribution in [0, 0.1) is 11.6 Å². The summed E-state index contributed by atoms with van der Waals surface area (Å²) >= 11 is 0. The van der Waals surface area contributed by atoms with E-state index in [1.54, 1.807) is 6.07 Å². The van der Waals surface area contributed by atoms with Crippen molar-refractivity contribution < 1.29 is 8.78 Å². The molecule has 0 N–H and O–H groups in total. The highest BCUT2D eigenvalue weighted by atomic mass is 19.1. The highest BCUT2D eigenvalue weighted by molar-refractivity contribution is 5.65. The number of allylic oxidation sites excluding steroid dienone is 1. The van der Waals surface area contributed by atoms with Crippen LogP contribution in [-0.2, 0) is 6.42 Å². The van der Waals surface area contributed by atoms with Crippen molar-refractivity contribution in [2.24, 2.45) is 0 Å². The molecule has 21 heavy (non-hydrogen) atoms. The topological polar surface area (TPSA) is 0 Å². The van der Waals surface area contributed by atoms with Gasteiger partial charge in [0.25, 0.3) is 0 Å². The molecule has 2 aromatic carbocycles. The zero-order valence-corrected chi connectivity index (χ0v) is 12.5. The van der Waals surface area contributed by atoms with Crippen molar-refractivity contribution in [1.29, 1.82) is 0 Å². The first-order valence-corrected chi connectivity index (χ1v) is 7.22. The quantitative estimate of drug-likeness (QED) is 0.603. The van der Waals surface area contributed by atoms with Gasteiger partial charge in [-0.3, -0.25) is 0 Å². The molecule has 0 heterocycles. The van der Waals surface area contributed by atoms with Gasteiger partial charge in [-0.25, -0.2) is 8.78 Å². The Hall–Kier alpha value is -1.96. The molecule has 0 aliphatic rings. The van der Waals surface area contributed by atoms with Crippen LogP contribution in [-0.4, -0.2) is 0 Å². The second kappa shape index (κ2) is 6.66. The fraction of sp³-hybridized carbons (Fsp3) is 0.263. The lowest BCUT2D eigenvalue weighted by Crippen LogP contribution is -1.97. The average molecular weight is 286 g/mol. The maximum atomic E-state index is 14.0. The van der Waals surface area contributed by atoms with E-state index in [0.717, 1.165) is 24.5 Å². The SMILES string of the molecule is C=CCCc1ccc(-c2cc(C(C)C)c(F)cc2F)cc1. The largest absolute Gasteiger partial charge is 0.207 e. The Bertz CT molecular complexity index is 625. The van der Waals surface area contributed by atoms with E-state index in [4.69, 9.17) is 0 Å². The van der Waals surface area contributed by atoms with Crippen LogP contribution in [0.2, 0.25) is 0 Å². The van der Waals surface area contributed by atoms with Crippen LogP contribution in [0.4, 0.5) is 8.78 Å². The molecule has 0 aliphatic heterocycles. The van der Waals surface area contributed by atoms with E-state index in [0.29, 0.717) is 11.1 Å². The number of benzene rings is 2. The van der Waals surface area contributed by atoms with Crippen molar-refractivity contribution in [2.75, 3.05) is 0 Å². The lowest BCUT2D eigenvalue weighted by Gasteiger charge is -2.11. The maximum Gasteiger partial charge on any atom is 0.133 e. The Kier molecular flexibility index (Phi) is 4.89. The van der Waals surface area contributed by atoms with Gasteiger partial charge in [-0.1, -0.05) is 44.2 Å². The Morgan fingerprint density at radius 3 is 2.29 bits per heavy atom. The van der Waals surface area contributed by atoms with Gasteiger partial charge in [-0.05, 0) is 41.5 Å². The normalized spacial score (nSPS) is 10.9. The lowest BCUT2D eigenvalue weighted by atomic mass is 9.95. The molecule has 0 saturated carbocycles. The van der Waals surface area contributed by atoms with Crippen LogP contribution in [0.25, 0.3) is 11.1 Å². The molecule has 2 rings (SSSR count). The van der Waals surface area contributed by atoms with Gasteiger partial charge in [-0.2, -0.15) is 0 Å². The summed E-state index contributed by atoms with van der Waals surface area (Å²) in [6.07, 6.45) is 3.72. The van der Waals surface area contributed by atoms with Gasteiger partial charge in [0.1, 0.15) is 11.6 Å². The third-order valence-corrected chi connectivity index (χ3v) is 3.61. The second-order valence-electron chi connectivity index (χ2n) is 5.53. The average Bonchev–Trinajstić information content (AvgIpc) is 2.45. The molecule has 0 unspecified atom stereocenters. The predicted molar refractivity (Wildman–Crippen MR) is 84.4 cm³/mol. The number of rotatable bonds is 5. The van der Waals surface area contributed by atoms with Crippen LogP contribution < -0.4 is 0 Å². The molecular formula is C19H20F2. The fourth-order valence-corrected chi connectivity index (χ4v) is 2.35. The van der Waals surface area contributed by atoms with Crippen LogP contribution in [0.15, 0.2) is 49.1 Å². The van der Waals surface area contributed by atoms with E-state index in [-0.39, 0.29) is 5.92 Å². The zero-order chi connectivity index (χ0) is 15.4. The van der Waals surface area contributed by atoms with Gasteiger partial charge in [0.15, 0.2) is 0 Å². The van der Waals surface area contributed by atoms with Crippen LogP contribution in [0.3, 0.4) is 0 Å². The van der Waals surface area contributed by atoms with E-state index in [2.05, 4.69) is 6.58 Å². The number of aryl methyl sites for hydroxylation is 1. The van der Waals surface area contributed by atoms with Gasteiger partial charge >= 0.3 is 0 Å². The molecule has 0 amide bonds. The summed E-state index contributed by atoms with van der Waals surface area (Å²) in [5, 5.41) is 0. The molecule has 0 aromatic heterocycles. The summed E-state index contributed by atoms with van der Waals surface area (Å²) in [5.41, 5.74) is 2.96. The van der Waals surface area contributed by atoms with Crippen molar-refractivity contribution in [3.8, 4) is 11.1 Å². The molecule has 0 bridgehead atoms. The third kappa shape index (κ3) is 3.57. The Morgan fingerprint density at radius 1 is 1.05 bits per heavy atom. The van der Waals surface area contributed by atoms with Gasteiger partial charge in [0.05, 0.1) is 0 Å². The summed E-state index contributed by atoms with van der Waals surface area (Å²) < 4.78 is 27.8. The van der Waals surface area contributed by atoms with Crippen molar-refractivity contribution in [3.63, 3.8) is 0 Å². The summed E-state index contributed by atoms with van der Waals surface area (Å²) in [5.74, 6) is -0.971. The van der Waals surface area contributed by atoms with Gasteiger partial charge in [0, 0.05) is 11.6 Å². The highest BCUT2D eigenvalue weighted by Gasteiger charge is 2.13. The maximum absolute atomic E-state index is 14.0. The first kappa shape index (κ1) is 15.4. The standard InChI is InChI=1S/C19H20F2/c1-4-5-6-14-7-9-15(10-8-14)17-11-16(13(2)3)18(20)12-19(17)21/h4,7-13H,1,5-6H2,2-3H3. The molecule has 0 fully saturated rings. The minimum Gasteiger partial charge on any atom is -0.207 e. The second-order valence-corrected chi connectivity index (χ2v) is 5.53. The first-order chi connectivity index (χ1) is 10.0. The Morgan fingerprint density at radius 2 is 1.71 bits per heavy atom. The van der Waals surface area contributed by atoms with Crippen molar-refractivity contribution in [3.05, 3.63) is 71.8 Å². The monoisotopic (exact) mass is 286 g/mol. The molecule has 0 atom stereocenters. The van der Waals surface area contributed by atoms with Crippen LogP contribution in [0.1, 0.15) is 37.3 Å². The first-order valence-electron chi connectivity index (χ1n) is 7.22. The van der Waals surface area contributed by atoms with E-state index < -0.39 is 11.6 Å². The molecular weight excluding hydrogens is 266 g/mol.